The summed E-state index contributed by atoms with van der Waals surface area (Å²) in [4.78, 5) is 13.9. The molecular weight excluding hydrogens is 319 g/mol. The van der Waals surface area contributed by atoms with E-state index in [9.17, 15) is 9.18 Å². The second-order valence-corrected chi connectivity index (χ2v) is 7.27. The quantitative estimate of drug-likeness (QED) is 0.848. The van der Waals surface area contributed by atoms with Crippen LogP contribution in [-0.2, 0) is 4.74 Å². The van der Waals surface area contributed by atoms with E-state index in [0.717, 1.165) is 19.3 Å². The van der Waals surface area contributed by atoms with Crippen molar-refractivity contribution in [3.05, 3.63) is 29.0 Å². The van der Waals surface area contributed by atoms with E-state index in [2.05, 4.69) is 5.32 Å². The molecule has 0 aromatic heterocycles. The molecule has 1 unspecified atom stereocenters. The average Bonchev–Trinajstić information content (AvgIpc) is 2.67. The molecule has 1 aliphatic rings. The SMILES string of the molecule is CC(C)(C)OC(=O)N1CCCC(Nc2cc(F)ccc2Cl)CC1. The smallest absolute Gasteiger partial charge is 0.410 e. The Morgan fingerprint density at radius 1 is 1.35 bits per heavy atom. The summed E-state index contributed by atoms with van der Waals surface area (Å²) in [7, 11) is 0. The molecular formula is C17H24ClFN2O2. The van der Waals surface area contributed by atoms with Crippen molar-refractivity contribution in [3.63, 3.8) is 0 Å². The summed E-state index contributed by atoms with van der Waals surface area (Å²) in [6, 6.07) is 4.44. The number of anilines is 1. The molecule has 0 saturated carbocycles. The highest BCUT2D eigenvalue weighted by Crippen LogP contribution is 2.25. The summed E-state index contributed by atoms with van der Waals surface area (Å²) in [5, 5.41) is 3.79. The van der Waals surface area contributed by atoms with Crippen LogP contribution in [0.5, 0.6) is 0 Å². The van der Waals surface area contributed by atoms with Gasteiger partial charge in [0, 0.05) is 19.1 Å². The Hall–Kier alpha value is -1.49. The van der Waals surface area contributed by atoms with E-state index in [1.807, 2.05) is 20.8 Å². The number of nitrogens with one attached hydrogen (secondary N) is 1. The fourth-order valence-electron chi connectivity index (χ4n) is 2.58. The van der Waals surface area contributed by atoms with Gasteiger partial charge in [-0.05, 0) is 58.2 Å². The van der Waals surface area contributed by atoms with E-state index >= 15 is 0 Å². The van der Waals surface area contributed by atoms with Gasteiger partial charge < -0.3 is 15.0 Å². The molecule has 128 valence electrons. The molecule has 0 aliphatic carbocycles. The molecule has 1 aromatic rings. The summed E-state index contributed by atoms with van der Waals surface area (Å²) >= 11 is 6.09. The number of nitrogens with zero attached hydrogens (tertiary/aromatic N) is 1. The van der Waals surface area contributed by atoms with E-state index in [0.29, 0.717) is 23.8 Å². The second kappa shape index (κ2) is 7.39. The maximum Gasteiger partial charge on any atom is 0.410 e. The number of rotatable bonds is 2. The van der Waals surface area contributed by atoms with E-state index in [-0.39, 0.29) is 18.0 Å². The van der Waals surface area contributed by atoms with Crippen molar-refractivity contribution in [2.75, 3.05) is 18.4 Å². The Kier molecular flexibility index (Phi) is 5.74. The minimum Gasteiger partial charge on any atom is -0.444 e. The summed E-state index contributed by atoms with van der Waals surface area (Å²) in [6.45, 7) is 6.86. The highest BCUT2D eigenvalue weighted by molar-refractivity contribution is 6.33. The first-order chi connectivity index (χ1) is 10.7. The third kappa shape index (κ3) is 5.57. The third-order valence-corrected chi connectivity index (χ3v) is 4.00. The maximum absolute atomic E-state index is 13.3. The van der Waals surface area contributed by atoms with Crippen LogP contribution in [0.15, 0.2) is 18.2 Å². The van der Waals surface area contributed by atoms with Crippen molar-refractivity contribution < 1.29 is 13.9 Å². The van der Waals surface area contributed by atoms with Crippen LogP contribution in [0.25, 0.3) is 0 Å². The molecule has 0 radical (unpaired) electrons. The van der Waals surface area contributed by atoms with E-state index in [1.165, 1.54) is 12.1 Å². The van der Waals surface area contributed by atoms with Gasteiger partial charge >= 0.3 is 6.09 Å². The Bertz CT molecular complexity index is 560. The number of halogens is 2. The van der Waals surface area contributed by atoms with Crippen LogP contribution < -0.4 is 5.32 Å². The van der Waals surface area contributed by atoms with Crippen LogP contribution in [0.1, 0.15) is 40.0 Å². The Balaban J connectivity index is 1.93. The molecule has 1 N–H and O–H groups in total. The van der Waals surface area contributed by atoms with Gasteiger partial charge in [0.05, 0.1) is 10.7 Å². The molecule has 1 atom stereocenters. The lowest BCUT2D eigenvalue weighted by Crippen LogP contribution is -2.37. The standard InChI is InChI=1S/C17H24ClFN2O2/c1-17(2,3)23-16(22)21-9-4-5-13(8-10-21)20-15-11-12(19)6-7-14(15)18/h6-7,11,13,20H,4-5,8-10H2,1-3H3. The molecule has 1 aromatic carbocycles. The lowest BCUT2D eigenvalue weighted by molar-refractivity contribution is 0.0256. The van der Waals surface area contributed by atoms with Crippen LogP contribution in [0.2, 0.25) is 5.02 Å². The van der Waals surface area contributed by atoms with Gasteiger partial charge in [0.1, 0.15) is 11.4 Å². The van der Waals surface area contributed by atoms with Gasteiger partial charge in [-0.2, -0.15) is 0 Å². The van der Waals surface area contributed by atoms with Crippen LogP contribution in [0.4, 0.5) is 14.9 Å². The maximum atomic E-state index is 13.3. The molecule has 23 heavy (non-hydrogen) atoms. The average molecular weight is 343 g/mol. The fourth-order valence-corrected chi connectivity index (χ4v) is 2.75. The number of carbonyl (C=O) groups is 1. The summed E-state index contributed by atoms with van der Waals surface area (Å²) in [6.07, 6.45) is 2.25. The van der Waals surface area contributed by atoms with Crippen LogP contribution in [0.3, 0.4) is 0 Å². The lowest BCUT2D eigenvalue weighted by Gasteiger charge is -2.26. The summed E-state index contributed by atoms with van der Waals surface area (Å²) in [5.41, 5.74) is 0.109. The first-order valence-electron chi connectivity index (χ1n) is 7.94. The number of amides is 1. The van der Waals surface area contributed by atoms with Crippen molar-refractivity contribution in [1.29, 1.82) is 0 Å². The van der Waals surface area contributed by atoms with Gasteiger partial charge in [0.25, 0.3) is 0 Å². The molecule has 1 aliphatic heterocycles. The number of likely N-dealkylation sites (tertiary alicyclic amines) is 1. The Morgan fingerprint density at radius 3 is 2.78 bits per heavy atom. The van der Waals surface area contributed by atoms with Gasteiger partial charge in [0.15, 0.2) is 0 Å². The van der Waals surface area contributed by atoms with Crippen LogP contribution in [-0.4, -0.2) is 35.7 Å². The van der Waals surface area contributed by atoms with Gasteiger partial charge in [-0.1, -0.05) is 11.6 Å². The zero-order valence-electron chi connectivity index (χ0n) is 13.9. The number of carbonyl (C=O) groups excluding carboxylic acids is 1. The van der Waals surface area contributed by atoms with E-state index in [1.54, 1.807) is 11.0 Å². The first kappa shape index (κ1) is 17.9. The molecule has 1 saturated heterocycles. The van der Waals surface area contributed by atoms with Gasteiger partial charge in [-0.15, -0.1) is 0 Å². The predicted molar refractivity (Wildman–Crippen MR) is 90.5 cm³/mol. The van der Waals surface area contributed by atoms with Crippen molar-refractivity contribution in [2.24, 2.45) is 0 Å². The van der Waals surface area contributed by atoms with E-state index < -0.39 is 5.60 Å². The first-order valence-corrected chi connectivity index (χ1v) is 8.32. The topological polar surface area (TPSA) is 41.6 Å². The predicted octanol–water partition coefficient (Wildman–Crippen LogP) is 4.68. The van der Waals surface area contributed by atoms with Crippen molar-refractivity contribution in [3.8, 4) is 0 Å². The highest BCUT2D eigenvalue weighted by Gasteiger charge is 2.25. The van der Waals surface area contributed by atoms with Gasteiger partial charge in [-0.3, -0.25) is 0 Å². The molecule has 0 bridgehead atoms. The molecule has 4 nitrogen and oxygen atoms in total. The molecule has 2 rings (SSSR count). The Morgan fingerprint density at radius 2 is 2.09 bits per heavy atom. The number of benzene rings is 1. The minimum atomic E-state index is -0.490. The molecule has 0 spiro atoms. The number of ether oxygens (including phenoxy) is 1. The van der Waals surface area contributed by atoms with Crippen molar-refractivity contribution >= 4 is 23.4 Å². The van der Waals surface area contributed by atoms with Crippen LogP contribution in [0, 0.1) is 5.82 Å². The van der Waals surface area contributed by atoms with E-state index in [4.69, 9.17) is 16.3 Å². The highest BCUT2D eigenvalue weighted by atomic mass is 35.5. The van der Waals surface area contributed by atoms with Crippen LogP contribution >= 0.6 is 11.6 Å². The zero-order valence-corrected chi connectivity index (χ0v) is 14.6. The molecule has 1 fully saturated rings. The van der Waals surface area contributed by atoms with Gasteiger partial charge in [0.2, 0.25) is 0 Å². The number of hydrogen-bond acceptors (Lipinski definition) is 3. The second-order valence-electron chi connectivity index (χ2n) is 6.86. The zero-order chi connectivity index (χ0) is 17.0. The third-order valence-electron chi connectivity index (χ3n) is 3.67. The molecule has 6 heteroatoms. The summed E-state index contributed by atoms with van der Waals surface area (Å²) < 4.78 is 18.8. The fraction of sp³-hybridized carbons (Fsp3) is 0.588. The van der Waals surface area contributed by atoms with Gasteiger partial charge in [-0.25, -0.2) is 9.18 Å². The Labute approximate surface area is 141 Å². The minimum absolute atomic E-state index is 0.154. The number of hydrogen-bond donors (Lipinski definition) is 1. The van der Waals surface area contributed by atoms with Crippen molar-refractivity contribution in [2.45, 2.75) is 51.7 Å². The lowest BCUT2D eigenvalue weighted by atomic mass is 10.1. The monoisotopic (exact) mass is 342 g/mol. The normalized spacial score (nSPS) is 19.2. The van der Waals surface area contributed by atoms with Crippen molar-refractivity contribution in [1.82, 2.24) is 4.90 Å². The largest absolute Gasteiger partial charge is 0.444 e. The molecule has 1 heterocycles. The summed E-state index contributed by atoms with van der Waals surface area (Å²) in [5.74, 6) is -0.319. The molecule has 1 amide bonds.